The van der Waals surface area contributed by atoms with Crippen LogP contribution in [0.1, 0.15) is 10.4 Å². The van der Waals surface area contributed by atoms with E-state index in [1.807, 2.05) is 0 Å². The quantitative estimate of drug-likeness (QED) is 0.606. The van der Waals surface area contributed by atoms with Crippen LogP contribution in [0.2, 0.25) is 0 Å². The van der Waals surface area contributed by atoms with Gasteiger partial charge in [-0.15, -0.1) is 0 Å². The fraction of sp³-hybridized carbons (Fsp3) is 0.333. The molecule has 1 atom stereocenters. The first-order chi connectivity index (χ1) is 8.92. The van der Waals surface area contributed by atoms with E-state index in [0.29, 0.717) is 5.56 Å². The number of hydrogen-bond acceptors (Lipinski definition) is 4. The van der Waals surface area contributed by atoms with E-state index in [4.69, 9.17) is 10.8 Å². The summed E-state index contributed by atoms with van der Waals surface area (Å²) in [4.78, 5) is 25.1. The van der Waals surface area contributed by atoms with Crippen LogP contribution in [-0.2, 0) is 0 Å². The number of carboxylic acid groups (broad SMARTS) is 1. The molecule has 19 heavy (non-hydrogen) atoms. The van der Waals surface area contributed by atoms with E-state index < -0.39 is 11.9 Å². The van der Waals surface area contributed by atoms with Gasteiger partial charge < -0.3 is 15.1 Å². The first-order valence-corrected chi connectivity index (χ1v) is 5.78. The molecule has 0 unspecified atom stereocenters. The fourth-order valence-electron chi connectivity index (χ4n) is 2.06. The van der Waals surface area contributed by atoms with Gasteiger partial charge in [0, 0.05) is 18.7 Å². The normalized spacial score (nSPS) is 23.3. The van der Waals surface area contributed by atoms with Crippen LogP contribution in [0.25, 0.3) is 0 Å². The van der Waals surface area contributed by atoms with Gasteiger partial charge in [-0.3, -0.25) is 15.4 Å². The number of piperazine rings is 1. The molecule has 1 aromatic rings. The minimum absolute atomic E-state index is 0.0269. The highest BCUT2D eigenvalue weighted by molar-refractivity contribution is 5.94. The summed E-state index contributed by atoms with van der Waals surface area (Å²) in [6.45, 7) is -0.0898. The predicted molar refractivity (Wildman–Crippen MR) is 66.2 cm³/mol. The van der Waals surface area contributed by atoms with Crippen LogP contribution in [0.4, 0.5) is 4.79 Å². The number of hydrogen-bond donors (Lipinski definition) is 3. The molecule has 0 radical (unpaired) electrons. The molecule has 7 nitrogen and oxygen atoms in total. The van der Waals surface area contributed by atoms with Crippen LogP contribution in [0.5, 0.6) is 0 Å². The lowest BCUT2D eigenvalue weighted by atomic mass is 10.1. The molecule has 0 aromatic heterocycles. The first kappa shape index (κ1) is 13.3. The average Bonchev–Trinajstić information content (AvgIpc) is 2.37. The van der Waals surface area contributed by atoms with Gasteiger partial charge in [0.05, 0.1) is 6.54 Å². The number of nitrogens with two attached hydrogens (primary N) is 1. The Bertz CT molecular complexity index is 489. The fourth-order valence-corrected chi connectivity index (χ4v) is 2.06. The summed E-state index contributed by atoms with van der Waals surface area (Å²) in [5, 5.41) is 18.8. The summed E-state index contributed by atoms with van der Waals surface area (Å²) in [5.41, 5.74) is 6.01. The highest BCUT2D eigenvalue weighted by Crippen LogP contribution is 2.16. The largest absolute Gasteiger partial charge is 0.465 e. The van der Waals surface area contributed by atoms with Gasteiger partial charge in [-0.25, -0.2) is 4.79 Å². The van der Waals surface area contributed by atoms with E-state index in [1.165, 1.54) is 4.90 Å². The maximum atomic E-state index is 12.2. The zero-order valence-corrected chi connectivity index (χ0v) is 10.2. The number of aliphatic hydroxyl groups is 1. The molecule has 2 rings (SSSR count). The maximum Gasteiger partial charge on any atom is 0.410 e. The van der Waals surface area contributed by atoms with E-state index in [2.05, 4.69) is 0 Å². The molecule has 4 N–H and O–H groups in total. The molecule has 7 heteroatoms. The molecule has 1 aliphatic rings. The van der Waals surface area contributed by atoms with Gasteiger partial charge in [0.25, 0.3) is 5.91 Å². The van der Waals surface area contributed by atoms with Gasteiger partial charge in [-0.1, -0.05) is 18.2 Å². The number of benzene rings is 1. The Morgan fingerprint density at radius 3 is 2.37 bits per heavy atom. The molecule has 2 amide bonds. The number of carbonyl (C=O) groups is 2. The van der Waals surface area contributed by atoms with Crippen LogP contribution < -0.4 is 5.73 Å². The Kier molecular flexibility index (Phi) is 3.41. The lowest BCUT2D eigenvalue weighted by Crippen LogP contribution is -2.69. The van der Waals surface area contributed by atoms with Crippen LogP contribution in [0.15, 0.2) is 30.3 Å². The molecule has 1 fully saturated rings. The molecule has 0 saturated carbocycles. The summed E-state index contributed by atoms with van der Waals surface area (Å²) in [5.74, 6) is -2.34. The van der Waals surface area contributed by atoms with Crippen molar-refractivity contribution in [2.24, 2.45) is 5.73 Å². The molecular weight excluding hydrogens is 250 g/mol. The highest BCUT2D eigenvalue weighted by atomic mass is 16.4. The lowest BCUT2D eigenvalue weighted by Gasteiger charge is -2.43. The minimum Gasteiger partial charge on any atom is -0.465 e. The van der Waals surface area contributed by atoms with E-state index in [1.54, 1.807) is 30.3 Å². The van der Waals surface area contributed by atoms with Gasteiger partial charge in [0.15, 0.2) is 0 Å². The lowest BCUT2D eigenvalue weighted by molar-refractivity contribution is -0.123. The smallest absolute Gasteiger partial charge is 0.410 e. The summed E-state index contributed by atoms with van der Waals surface area (Å²) in [6.07, 6.45) is -1.31. The summed E-state index contributed by atoms with van der Waals surface area (Å²) < 4.78 is 0. The highest BCUT2D eigenvalue weighted by Gasteiger charge is 2.41. The SMILES string of the molecule is N[C@@]1(O)CN(C(=O)c2ccccc2)CCN1C(=O)O. The van der Waals surface area contributed by atoms with Gasteiger partial charge >= 0.3 is 6.09 Å². The van der Waals surface area contributed by atoms with Crippen LogP contribution in [-0.4, -0.2) is 57.5 Å². The van der Waals surface area contributed by atoms with Gasteiger partial charge in [-0.05, 0) is 12.1 Å². The van der Waals surface area contributed by atoms with Crippen molar-refractivity contribution in [3.63, 3.8) is 0 Å². The van der Waals surface area contributed by atoms with Gasteiger partial charge in [-0.2, -0.15) is 0 Å². The molecule has 1 heterocycles. The second-order valence-electron chi connectivity index (χ2n) is 4.41. The number of carbonyl (C=O) groups excluding carboxylic acids is 1. The molecule has 102 valence electrons. The topological polar surface area (TPSA) is 107 Å². The number of rotatable bonds is 1. The minimum atomic E-state index is -2.06. The Morgan fingerprint density at radius 1 is 1.21 bits per heavy atom. The van der Waals surface area contributed by atoms with Gasteiger partial charge in [0.2, 0.25) is 5.85 Å². The van der Waals surface area contributed by atoms with Crippen LogP contribution in [0.3, 0.4) is 0 Å². The van der Waals surface area contributed by atoms with Crippen molar-refractivity contribution in [1.82, 2.24) is 9.80 Å². The standard InChI is InChI=1S/C12H15N3O4/c13-12(19)8-14(6-7-15(12)11(17)18)10(16)9-4-2-1-3-5-9/h1-5,19H,6-8,13H2,(H,17,18)/t12-/m0/s1. The number of amides is 2. The summed E-state index contributed by atoms with van der Waals surface area (Å²) in [6, 6.07) is 8.56. The van der Waals surface area contributed by atoms with Crippen LogP contribution in [0, 0.1) is 0 Å². The monoisotopic (exact) mass is 265 g/mol. The third-order valence-electron chi connectivity index (χ3n) is 3.02. The number of β-amino-alcohol motifs (C(OH)–C–C–N with tert-alkyl or cyclic N) is 1. The Balaban J connectivity index is 2.13. The van der Waals surface area contributed by atoms with Crippen molar-refractivity contribution in [1.29, 1.82) is 0 Å². The second-order valence-corrected chi connectivity index (χ2v) is 4.41. The van der Waals surface area contributed by atoms with Gasteiger partial charge in [0.1, 0.15) is 0 Å². The molecule has 0 aliphatic carbocycles. The number of nitrogens with zero attached hydrogens (tertiary/aromatic N) is 2. The van der Waals surface area contributed by atoms with E-state index in [9.17, 15) is 14.7 Å². The average molecular weight is 265 g/mol. The zero-order valence-electron chi connectivity index (χ0n) is 10.2. The van der Waals surface area contributed by atoms with E-state index >= 15 is 0 Å². The van der Waals surface area contributed by atoms with Crippen LogP contribution >= 0.6 is 0 Å². The van der Waals surface area contributed by atoms with Crippen molar-refractivity contribution in [2.45, 2.75) is 5.85 Å². The van der Waals surface area contributed by atoms with Crippen molar-refractivity contribution in [3.05, 3.63) is 35.9 Å². The Labute approximate surface area is 109 Å². The maximum absolute atomic E-state index is 12.2. The molecule has 1 aliphatic heterocycles. The van der Waals surface area contributed by atoms with E-state index in [-0.39, 0.29) is 25.5 Å². The first-order valence-electron chi connectivity index (χ1n) is 5.78. The third-order valence-corrected chi connectivity index (χ3v) is 3.02. The van der Waals surface area contributed by atoms with Crippen molar-refractivity contribution >= 4 is 12.0 Å². The second kappa shape index (κ2) is 4.87. The Hall–Kier alpha value is -2.12. The van der Waals surface area contributed by atoms with E-state index in [0.717, 1.165) is 4.90 Å². The van der Waals surface area contributed by atoms with Crippen molar-refractivity contribution < 1.29 is 19.8 Å². The Morgan fingerprint density at radius 2 is 1.84 bits per heavy atom. The molecule has 0 spiro atoms. The summed E-state index contributed by atoms with van der Waals surface area (Å²) >= 11 is 0. The molecule has 1 aromatic carbocycles. The van der Waals surface area contributed by atoms with Crippen molar-refractivity contribution in [3.8, 4) is 0 Å². The third kappa shape index (κ3) is 2.67. The summed E-state index contributed by atoms with van der Waals surface area (Å²) in [7, 11) is 0. The molecule has 1 saturated heterocycles. The zero-order chi connectivity index (χ0) is 14.0. The van der Waals surface area contributed by atoms with Crippen molar-refractivity contribution in [2.75, 3.05) is 19.6 Å². The predicted octanol–water partition coefficient (Wildman–Crippen LogP) is -0.273. The molecule has 0 bridgehead atoms. The molecular formula is C12H15N3O4.